The number of carbonyl (C=O) groups is 3. The summed E-state index contributed by atoms with van der Waals surface area (Å²) in [7, 11) is 0. The Balaban J connectivity index is 2.72. The summed E-state index contributed by atoms with van der Waals surface area (Å²) in [6, 6.07) is 3.33. The smallest absolute Gasteiger partial charge is 0.338 e. The molecule has 0 aromatic heterocycles. The van der Waals surface area contributed by atoms with Crippen molar-refractivity contribution in [2.24, 2.45) is 5.92 Å². The standard InChI is InChI=1S/C15H19BrFN3O4/c1-9(2)8-20(13(21)5-6-14(22)23)19-15(24)18-12-4-3-10(16)7-11(12)17/h3-4,7,9H,5-6,8H2,1-2H3,(H,22,23)(H2,18,19,24). The summed E-state index contributed by atoms with van der Waals surface area (Å²) >= 11 is 3.11. The third kappa shape index (κ3) is 6.95. The number of rotatable bonds is 6. The van der Waals surface area contributed by atoms with Crippen LogP contribution in [0.15, 0.2) is 22.7 Å². The molecule has 0 atom stereocenters. The van der Waals surface area contributed by atoms with Gasteiger partial charge in [-0.1, -0.05) is 29.8 Å². The highest BCUT2D eigenvalue weighted by Crippen LogP contribution is 2.19. The van der Waals surface area contributed by atoms with Gasteiger partial charge in [-0.15, -0.1) is 0 Å². The maximum absolute atomic E-state index is 13.7. The van der Waals surface area contributed by atoms with Gasteiger partial charge in [-0.3, -0.25) is 14.6 Å². The highest BCUT2D eigenvalue weighted by Gasteiger charge is 2.19. The summed E-state index contributed by atoms with van der Waals surface area (Å²) in [5, 5.41) is 12.0. The van der Waals surface area contributed by atoms with Gasteiger partial charge in [-0.05, 0) is 24.1 Å². The Morgan fingerprint density at radius 1 is 1.29 bits per heavy atom. The number of carbonyl (C=O) groups excluding carboxylic acids is 2. The van der Waals surface area contributed by atoms with Crippen LogP contribution in [-0.4, -0.2) is 34.6 Å². The number of carboxylic acid groups (broad SMARTS) is 1. The molecule has 0 saturated heterocycles. The number of urea groups is 1. The zero-order valence-electron chi connectivity index (χ0n) is 13.3. The van der Waals surface area contributed by atoms with Gasteiger partial charge < -0.3 is 10.4 Å². The van der Waals surface area contributed by atoms with Crippen molar-refractivity contribution >= 4 is 39.5 Å². The van der Waals surface area contributed by atoms with Crippen molar-refractivity contribution in [3.05, 3.63) is 28.5 Å². The van der Waals surface area contributed by atoms with Crippen molar-refractivity contribution in [2.45, 2.75) is 26.7 Å². The number of hydrogen-bond donors (Lipinski definition) is 3. The molecule has 0 heterocycles. The first kappa shape index (κ1) is 19.9. The number of nitrogens with zero attached hydrogens (tertiary/aromatic N) is 1. The minimum Gasteiger partial charge on any atom is -0.481 e. The van der Waals surface area contributed by atoms with Crippen molar-refractivity contribution in [1.82, 2.24) is 10.4 Å². The third-order valence-corrected chi connectivity index (χ3v) is 3.31. The molecule has 0 aliphatic heterocycles. The van der Waals surface area contributed by atoms with Crippen molar-refractivity contribution in [2.75, 3.05) is 11.9 Å². The van der Waals surface area contributed by atoms with Crippen LogP contribution in [0.4, 0.5) is 14.9 Å². The first-order chi connectivity index (χ1) is 11.2. The summed E-state index contributed by atoms with van der Waals surface area (Å²) in [6.07, 6.45) is -0.576. The maximum atomic E-state index is 13.7. The van der Waals surface area contributed by atoms with Gasteiger partial charge in [0.1, 0.15) is 5.82 Å². The molecule has 0 bridgehead atoms. The molecule has 0 fully saturated rings. The summed E-state index contributed by atoms with van der Waals surface area (Å²) in [5.74, 6) is -2.22. The first-order valence-electron chi connectivity index (χ1n) is 7.24. The van der Waals surface area contributed by atoms with E-state index < -0.39 is 23.7 Å². The Labute approximate surface area is 147 Å². The van der Waals surface area contributed by atoms with E-state index in [0.29, 0.717) is 4.47 Å². The largest absolute Gasteiger partial charge is 0.481 e. The lowest BCUT2D eigenvalue weighted by Gasteiger charge is -2.25. The van der Waals surface area contributed by atoms with Crippen LogP contribution in [0.25, 0.3) is 0 Å². The predicted molar refractivity (Wildman–Crippen MR) is 89.7 cm³/mol. The van der Waals surface area contributed by atoms with E-state index in [1.165, 1.54) is 12.1 Å². The van der Waals surface area contributed by atoms with Crippen molar-refractivity contribution in [3.63, 3.8) is 0 Å². The Morgan fingerprint density at radius 2 is 1.96 bits per heavy atom. The number of amides is 3. The Kier molecular flexibility index (Phi) is 7.63. The van der Waals surface area contributed by atoms with Gasteiger partial charge in [0.15, 0.2) is 0 Å². The van der Waals surface area contributed by atoms with Crippen LogP contribution in [0, 0.1) is 11.7 Å². The van der Waals surface area contributed by atoms with Gasteiger partial charge in [0, 0.05) is 17.4 Å². The lowest BCUT2D eigenvalue weighted by Crippen LogP contribution is -2.49. The van der Waals surface area contributed by atoms with Crippen LogP contribution < -0.4 is 10.7 Å². The summed E-state index contributed by atoms with van der Waals surface area (Å²) in [5.41, 5.74) is 2.28. The molecule has 3 amide bonds. The molecule has 0 unspecified atom stereocenters. The van der Waals surface area contributed by atoms with Crippen LogP contribution >= 0.6 is 15.9 Å². The zero-order chi connectivity index (χ0) is 18.3. The van der Waals surface area contributed by atoms with Gasteiger partial charge >= 0.3 is 12.0 Å². The Hall–Kier alpha value is -2.16. The van der Waals surface area contributed by atoms with Crippen LogP contribution in [-0.2, 0) is 9.59 Å². The molecule has 1 aromatic rings. The topological polar surface area (TPSA) is 98.7 Å². The number of halogens is 2. The van der Waals surface area contributed by atoms with Gasteiger partial charge in [0.05, 0.1) is 12.1 Å². The van der Waals surface area contributed by atoms with Crippen molar-refractivity contribution < 1.29 is 23.9 Å². The molecule has 24 heavy (non-hydrogen) atoms. The Bertz CT molecular complexity index is 625. The second kappa shape index (κ2) is 9.21. The number of anilines is 1. The average molecular weight is 404 g/mol. The number of hydrazine groups is 1. The fraction of sp³-hybridized carbons (Fsp3) is 0.400. The molecule has 0 aliphatic carbocycles. The van der Waals surface area contributed by atoms with Crippen LogP contribution in [0.3, 0.4) is 0 Å². The molecule has 9 heteroatoms. The molecular weight excluding hydrogens is 385 g/mol. The number of hydrogen-bond acceptors (Lipinski definition) is 3. The third-order valence-electron chi connectivity index (χ3n) is 2.82. The van der Waals surface area contributed by atoms with Crippen molar-refractivity contribution in [3.8, 4) is 0 Å². The van der Waals surface area contributed by atoms with Crippen molar-refractivity contribution in [1.29, 1.82) is 0 Å². The number of nitrogens with one attached hydrogen (secondary N) is 2. The summed E-state index contributed by atoms with van der Waals surface area (Å²) < 4.78 is 14.2. The fourth-order valence-electron chi connectivity index (χ4n) is 1.79. The predicted octanol–water partition coefficient (Wildman–Crippen LogP) is 2.97. The normalized spacial score (nSPS) is 10.4. The lowest BCUT2D eigenvalue weighted by molar-refractivity contribution is -0.141. The van der Waals surface area contributed by atoms with E-state index in [4.69, 9.17) is 5.11 Å². The second-order valence-corrected chi connectivity index (χ2v) is 6.40. The number of aliphatic carboxylic acids is 1. The number of carboxylic acids is 1. The highest BCUT2D eigenvalue weighted by molar-refractivity contribution is 9.10. The molecule has 7 nitrogen and oxygen atoms in total. The highest BCUT2D eigenvalue weighted by atomic mass is 79.9. The SMILES string of the molecule is CC(C)CN(NC(=O)Nc1ccc(Br)cc1F)C(=O)CCC(=O)O. The molecule has 1 aromatic carbocycles. The van der Waals surface area contributed by atoms with Crippen LogP contribution in [0.2, 0.25) is 0 Å². The Morgan fingerprint density at radius 3 is 2.50 bits per heavy atom. The minimum absolute atomic E-state index is 0.0434. The molecule has 3 N–H and O–H groups in total. The van der Waals surface area contributed by atoms with E-state index in [1.807, 2.05) is 13.8 Å². The molecule has 0 saturated carbocycles. The molecule has 0 spiro atoms. The molecule has 0 radical (unpaired) electrons. The lowest BCUT2D eigenvalue weighted by atomic mass is 10.2. The van der Waals surface area contributed by atoms with Gasteiger partial charge in [0.2, 0.25) is 5.91 Å². The molecular formula is C15H19BrFN3O4. The zero-order valence-corrected chi connectivity index (χ0v) is 14.9. The van der Waals surface area contributed by atoms with Crippen LogP contribution in [0.5, 0.6) is 0 Å². The van der Waals surface area contributed by atoms with Gasteiger partial charge in [0.25, 0.3) is 0 Å². The first-order valence-corrected chi connectivity index (χ1v) is 8.03. The van der Waals surface area contributed by atoms with E-state index in [9.17, 15) is 18.8 Å². The fourth-order valence-corrected chi connectivity index (χ4v) is 2.12. The minimum atomic E-state index is -1.10. The monoisotopic (exact) mass is 403 g/mol. The van der Waals surface area contributed by atoms with Crippen LogP contribution in [0.1, 0.15) is 26.7 Å². The van der Waals surface area contributed by atoms with E-state index in [2.05, 4.69) is 26.7 Å². The van der Waals surface area contributed by atoms with Gasteiger partial charge in [-0.25, -0.2) is 14.6 Å². The second-order valence-electron chi connectivity index (χ2n) is 5.48. The van der Waals surface area contributed by atoms with E-state index in [0.717, 1.165) is 5.01 Å². The number of benzene rings is 1. The molecule has 132 valence electrons. The summed E-state index contributed by atoms with van der Waals surface area (Å²) in [6.45, 7) is 3.88. The van der Waals surface area contributed by atoms with E-state index in [1.54, 1.807) is 6.07 Å². The maximum Gasteiger partial charge on any atom is 0.338 e. The quantitative estimate of drug-likeness (QED) is 0.635. The summed E-state index contributed by atoms with van der Waals surface area (Å²) in [4.78, 5) is 34.6. The molecule has 0 aliphatic rings. The average Bonchev–Trinajstić information content (AvgIpc) is 2.46. The molecule has 1 rings (SSSR count). The van der Waals surface area contributed by atoms with Gasteiger partial charge in [-0.2, -0.15) is 0 Å². The van der Waals surface area contributed by atoms with E-state index in [-0.39, 0.29) is 31.0 Å². The van der Waals surface area contributed by atoms with E-state index >= 15 is 0 Å².